The van der Waals surface area contributed by atoms with Gasteiger partial charge in [0.15, 0.2) is 0 Å². The molecule has 3 aliphatic heterocycles. The van der Waals surface area contributed by atoms with Crippen LogP contribution in [0.3, 0.4) is 0 Å². The number of para-hydroxylation sites is 4. The maximum atomic E-state index is 2.59. The first kappa shape index (κ1) is 36.1. The SMILES string of the molecule is CC1(C)c2ccccc2N(c2ccc(N3c4ccc(-c5ccccc5)cc4B4c5ccccc5N(c5ccccc5)c5cc(C6CCCCC6)cc3c54)cc2)c2ccccc21. The molecule has 61 heavy (non-hydrogen) atoms. The Morgan fingerprint density at radius 2 is 0.902 bits per heavy atom. The molecular formula is C57H48BN3. The van der Waals surface area contributed by atoms with E-state index in [0.29, 0.717) is 5.92 Å². The highest BCUT2D eigenvalue weighted by molar-refractivity contribution is 7.00. The minimum Gasteiger partial charge on any atom is -0.311 e. The van der Waals surface area contributed by atoms with Crippen LogP contribution in [-0.4, -0.2) is 6.71 Å². The van der Waals surface area contributed by atoms with Crippen LogP contribution in [0.2, 0.25) is 0 Å². The van der Waals surface area contributed by atoms with Crippen LogP contribution in [0.5, 0.6) is 0 Å². The predicted octanol–water partition coefficient (Wildman–Crippen LogP) is 13.6. The number of rotatable bonds is 5. The van der Waals surface area contributed by atoms with E-state index in [1.54, 1.807) is 0 Å². The Kier molecular flexibility index (Phi) is 8.39. The number of benzene rings is 8. The summed E-state index contributed by atoms with van der Waals surface area (Å²) in [5, 5.41) is 0. The summed E-state index contributed by atoms with van der Waals surface area (Å²) in [6.07, 6.45) is 6.40. The standard InChI is InChI=1S/C57H48BN3/c1-57(2)46-24-12-15-27-50(46)59(51-28-16-13-25-47(51)57)44-31-33-45(34-32-44)61-53-35-30-41(39-18-6-3-7-19-39)36-49(53)58-48-26-14-17-29-52(48)60(43-22-10-5-11-23-43)54-37-42(38-55(61)56(54)58)40-20-8-4-9-21-40/h3,5-7,10-19,22-38,40H,4,8-9,20-21H2,1-2H3. The van der Waals surface area contributed by atoms with Crippen molar-refractivity contribution >= 4 is 74.3 Å². The fourth-order valence-electron chi connectivity index (χ4n) is 11.3. The molecule has 12 rings (SSSR count). The topological polar surface area (TPSA) is 9.72 Å². The van der Waals surface area contributed by atoms with Gasteiger partial charge in [0.2, 0.25) is 0 Å². The Labute approximate surface area is 360 Å². The summed E-state index contributed by atoms with van der Waals surface area (Å²) in [5.74, 6) is 0.540. The Morgan fingerprint density at radius 1 is 0.410 bits per heavy atom. The second-order valence-corrected chi connectivity index (χ2v) is 18.0. The minimum absolute atomic E-state index is 0.0699. The monoisotopic (exact) mass is 785 g/mol. The van der Waals surface area contributed by atoms with E-state index in [9.17, 15) is 0 Å². The van der Waals surface area contributed by atoms with Crippen molar-refractivity contribution in [3.8, 4) is 11.1 Å². The molecule has 1 aliphatic carbocycles. The lowest BCUT2D eigenvalue weighted by Gasteiger charge is -2.45. The first-order valence-electron chi connectivity index (χ1n) is 22.3. The molecular weight excluding hydrogens is 737 g/mol. The van der Waals surface area contributed by atoms with Crippen LogP contribution in [0, 0.1) is 0 Å². The molecule has 3 heterocycles. The molecule has 294 valence electrons. The zero-order valence-electron chi connectivity index (χ0n) is 34.9. The average molecular weight is 786 g/mol. The number of anilines is 9. The molecule has 4 aliphatic rings. The van der Waals surface area contributed by atoms with Crippen LogP contribution in [0.4, 0.5) is 51.2 Å². The molecule has 0 atom stereocenters. The fraction of sp³-hybridized carbons (Fsp3) is 0.158. The molecule has 0 saturated heterocycles. The maximum absolute atomic E-state index is 2.59. The Bertz CT molecular complexity index is 2900. The van der Waals surface area contributed by atoms with Crippen molar-refractivity contribution < 1.29 is 0 Å². The second kappa shape index (κ2) is 14.2. The highest BCUT2D eigenvalue weighted by Gasteiger charge is 2.44. The van der Waals surface area contributed by atoms with Gasteiger partial charge in [-0.05, 0) is 136 Å². The van der Waals surface area contributed by atoms with Gasteiger partial charge >= 0.3 is 0 Å². The summed E-state index contributed by atoms with van der Waals surface area (Å²) in [6, 6.07) is 70.7. The molecule has 0 unspecified atom stereocenters. The molecule has 1 saturated carbocycles. The van der Waals surface area contributed by atoms with Gasteiger partial charge in [0, 0.05) is 45.2 Å². The van der Waals surface area contributed by atoms with E-state index < -0.39 is 0 Å². The first-order valence-corrected chi connectivity index (χ1v) is 22.3. The largest absolute Gasteiger partial charge is 0.311 e. The smallest absolute Gasteiger partial charge is 0.252 e. The van der Waals surface area contributed by atoms with E-state index in [4.69, 9.17) is 0 Å². The zero-order valence-corrected chi connectivity index (χ0v) is 34.9. The van der Waals surface area contributed by atoms with Gasteiger partial charge in [0.05, 0.1) is 11.4 Å². The van der Waals surface area contributed by atoms with Crippen LogP contribution >= 0.6 is 0 Å². The Hall–Kier alpha value is -6.78. The normalized spacial score (nSPS) is 16.0. The third-order valence-electron chi connectivity index (χ3n) is 14.2. The Balaban J connectivity index is 1.09. The highest BCUT2D eigenvalue weighted by Crippen LogP contribution is 2.53. The first-order chi connectivity index (χ1) is 30.0. The summed E-state index contributed by atoms with van der Waals surface area (Å²) in [5.41, 5.74) is 21.7. The maximum Gasteiger partial charge on any atom is 0.252 e. The summed E-state index contributed by atoms with van der Waals surface area (Å²) in [4.78, 5) is 7.61. The molecule has 0 amide bonds. The van der Waals surface area contributed by atoms with Crippen LogP contribution in [0.15, 0.2) is 188 Å². The summed E-state index contributed by atoms with van der Waals surface area (Å²) < 4.78 is 0. The van der Waals surface area contributed by atoms with Gasteiger partial charge in [-0.15, -0.1) is 0 Å². The number of nitrogens with zero attached hydrogens (tertiary/aromatic N) is 3. The van der Waals surface area contributed by atoms with Crippen molar-refractivity contribution in [2.75, 3.05) is 14.7 Å². The van der Waals surface area contributed by atoms with Gasteiger partial charge in [-0.25, -0.2) is 0 Å². The van der Waals surface area contributed by atoms with Gasteiger partial charge in [0.25, 0.3) is 6.71 Å². The molecule has 3 nitrogen and oxygen atoms in total. The number of hydrogen-bond donors (Lipinski definition) is 0. The number of fused-ring (bicyclic) bond motifs is 6. The lowest BCUT2D eigenvalue weighted by atomic mass is 9.33. The van der Waals surface area contributed by atoms with E-state index >= 15 is 0 Å². The molecule has 0 N–H and O–H groups in total. The van der Waals surface area contributed by atoms with Gasteiger partial charge in [-0.3, -0.25) is 0 Å². The quantitative estimate of drug-likeness (QED) is 0.161. The van der Waals surface area contributed by atoms with E-state index in [1.807, 2.05) is 0 Å². The van der Waals surface area contributed by atoms with Crippen LogP contribution < -0.4 is 31.1 Å². The molecule has 8 aromatic rings. The molecule has 1 fully saturated rings. The van der Waals surface area contributed by atoms with Crippen molar-refractivity contribution in [3.63, 3.8) is 0 Å². The predicted molar refractivity (Wildman–Crippen MR) is 259 cm³/mol. The van der Waals surface area contributed by atoms with E-state index in [0.717, 1.165) is 5.69 Å². The number of hydrogen-bond acceptors (Lipinski definition) is 3. The minimum atomic E-state index is -0.106. The zero-order chi connectivity index (χ0) is 40.7. The van der Waals surface area contributed by atoms with Gasteiger partial charge < -0.3 is 14.7 Å². The molecule has 4 heteroatoms. The molecule has 8 aromatic carbocycles. The third-order valence-corrected chi connectivity index (χ3v) is 14.2. The van der Waals surface area contributed by atoms with Crippen molar-refractivity contribution in [1.82, 2.24) is 0 Å². The van der Waals surface area contributed by atoms with E-state index in [2.05, 4.69) is 217 Å². The van der Waals surface area contributed by atoms with Crippen molar-refractivity contribution in [1.29, 1.82) is 0 Å². The Morgan fingerprint density at radius 3 is 1.52 bits per heavy atom. The average Bonchev–Trinajstić information content (AvgIpc) is 3.32. The molecule has 0 bridgehead atoms. The summed E-state index contributed by atoms with van der Waals surface area (Å²) >= 11 is 0. The molecule has 0 radical (unpaired) electrons. The van der Waals surface area contributed by atoms with Gasteiger partial charge in [-0.1, -0.05) is 148 Å². The van der Waals surface area contributed by atoms with Crippen molar-refractivity contribution in [3.05, 3.63) is 205 Å². The van der Waals surface area contributed by atoms with Crippen LogP contribution in [0.25, 0.3) is 11.1 Å². The lowest BCUT2D eigenvalue weighted by Crippen LogP contribution is -2.61. The van der Waals surface area contributed by atoms with E-state index in [-0.39, 0.29) is 12.1 Å². The molecule has 0 spiro atoms. The summed E-state index contributed by atoms with van der Waals surface area (Å²) in [6.45, 7) is 4.78. The highest BCUT2D eigenvalue weighted by atomic mass is 15.2. The van der Waals surface area contributed by atoms with Crippen molar-refractivity contribution in [2.24, 2.45) is 0 Å². The van der Waals surface area contributed by atoms with Crippen LogP contribution in [0.1, 0.15) is 68.6 Å². The van der Waals surface area contributed by atoms with E-state index in [1.165, 1.54) is 122 Å². The lowest BCUT2D eigenvalue weighted by molar-refractivity contribution is 0.444. The van der Waals surface area contributed by atoms with Crippen molar-refractivity contribution in [2.45, 2.75) is 57.3 Å². The van der Waals surface area contributed by atoms with Crippen LogP contribution in [-0.2, 0) is 5.41 Å². The fourth-order valence-corrected chi connectivity index (χ4v) is 11.3. The third kappa shape index (κ3) is 5.65. The molecule has 0 aromatic heterocycles. The van der Waals surface area contributed by atoms with Gasteiger partial charge in [-0.2, -0.15) is 0 Å². The summed E-state index contributed by atoms with van der Waals surface area (Å²) in [7, 11) is 0. The van der Waals surface area contributed by atoms with Gasteiger partial charge in [0.1, 0.15) is 0 Å². The second-order valence-electron chi connectivity index (χ2n) is 18.0.